The van der Waals surface area contributed by atoms with Crippen LogP contribution in [0.2, 0.25) is 5.15 Å². The molecule has 1 aromatic carbocycles. The molecule has 1 aromatic heterocycles. The summed E-state index contributed by atoms with van der Waals surface area (Å²) in [7, 11) is 0. The van der Waals surface area contributed by atoms with Gasteiger partial charge in [0.2, 0.25) is 0 Å². The third-order valence-corrected chi connectivity index (χ3v) is 2.92. The molecular formula is C15H14ClN3. The smallest absolute Gasteiger partial charge is 0.133 e. The lowest BCUT2D eigenvalue weighted by atomic mass is 10.1. The van der Waals surface area contributed by atoms with Crippen molar-refractivity contribution in [2.24, 2.45) is 0 Å². The van der Waals surface area contributed by atoms with E-state index in [0.29, 0.717) is 16.5 Å². The molecule has 0 unspecified atom stereocenters. The van der Waals surface area contributed by atoms with Gasteiger partial charge in [-0.3, -0.25) is 0 Å². The molecule has 0 fully saturated rings. The lowest BCUT2D eigenvalue weighted by Crippen LogP contribution is -1.98. The first-order valence-corrected chi connectivity index (χ1v) is 6.53. The number of hydrogen-bond acceptors (Lipinski definition) is 3. The van der Waals surface area contributed by atoms with E-state index in [1.54, 1.807) is 12.1 Å². The van der Waals surface area contributed by atoms with Crippen molar-refractivity contribution in [3.05, 3.63) is 52.7 Å². The zero-order chi connectivity index (χ0) is 13.7. The van der Waals surface area contributed by atoms with Crippen LogP contribution in [0, 0.1) is 11.3 Å². The summed E-state index contributed by atoms with van der Waals surface area (Å²) < 4.78 is 0. The summed E-state index contributed by atoms with van der Waals surface area (Å²) in [6.45, 7) is 2.14. The standard InChI is InChI=1S/C15H14ClN3/c1-2-5-12-6-3-4-7-13(12)18-15-9-11(10-17)8-14(16)19-15/h3-4,6-9H,2,5H2,1H3,(H,18,19). The fraction of sp³-hybridized carbons (Fsp3) is 0.200. The quantitative estimate of drug-likeness (QED) is 0.843. The fourth-order valence-corrected chi connectivity index (χ4v) is 2.10. The highest BCUT2D eigenvalue weighted by Crippen LogP contribution is 2.22. The SMILES string of the molecule is CCCc1ccccc1Nc1cc(C#N)cc(Cl)n1. The molecule has 0 atom stereocenters. The normalized spacial score (nSPS) is 9.95. The number of anilines is 2. The molecule has 1 heterocycles. The molecule has 0 aliphatic rings. The van der Waals surface area contributed by atoms with Gasteiger partial charge in [-0.25, -0.2) is 4.98 Å². The van der Waals surface area contributed by atoms with Crippen molar-refractivity contribution in [1.29, 1.82) is 5.26 Å². The summed E-state index contributed by atoms with van der Waals surface area (Å²) in [5, 5.41) is 12.5. The summed E-state index contributed by atoms with van der Waals surface area (Å²) in [6.07, 6.45) is 2.07. The van der Waals surface area contributed by atoms with Crippen LogP contribution in [0.5, 0.6) is 0 Å². The van der Waals surface area contributed by atoms with Crippen molar-refractivity contribution < 1.29 is 0 Å². The third kappa shape index (κ3) is 3.46. The van der Waals surface area contributed by atoms with E-state index in [1.165, 1.54) is 5.56 Å². The molecule has 19 heavy (non-hydrogen) atoms. The zero-order valence-corrected chi connectivity index (χ0v) is 11.4. The number of nitrogens with zero attached hydrogens (tertiary/aromatic N) is 2. The van der Waals surface area contributed by atoms with Gasteiger partial charge < -0.3 is 5.32 Å². The fourth-order valence-electron chi connectivity index (χ4n) is 1.89. The van der Waals surface area contributed by atoms with Crippen molar-refractivity contribution in [2.45, 2.75) is 19.8 Å². The largest absolute Gasteiger partial charge is 0.340 e. The van der Waals surface area contributed by atoms with Gasteiger partial charge in [0.1, 0.15) is 11.0 Å². The molecule has 1 N–H and O–H groups in total. The summed E-state index contributed by atoms with van der Waals surface area (Å²) in [5.41, 5.74) is 2.73. The topological polar surface area (TPSA) is 48.7 Å². The van der Waals surface area contributed by atoms with Crippen LogP contribution in [0.15, 0.2) is 36.4 Å². The first-order valence-electron chi connectivity index (χ1n) is 6.15. The van der Waals surface area contributed by atoms with Gasteiger partial charge in [0.25, 0.3) is 0 Å². The van der Waals surface area contributed by atoms with Gasteiger partial charge in [0, 0.05) is 5.69 Å². The number of halogens is 1. The summed E-state index contributed by atoms with van der Waals surface area (Å²) in [4.78, 5) is 4.18. The molecule has 2 aromatic rings. The van der Waals surface area contributed by atoms with E-state index < -0.39 is 0 Å². The molecule has 0 saturated carbocycles. The number of benzene rings is 1. The summed E-state index contributed by atoms with van der Waals surface area (Å²) in [5.74, 6) is 0.590. The van der Waals surface area contributed by atoms with Crippen molar-refractivity contribution in [2.75, 3.05) is 5.32 Å². The van der Waals surface area contributed by atoms with E-state index in [1.807, 2.05) is 18.2 Å². The average Bonchev–Trinajstić information content (AvgIpc) is 2.40. The minimum absolute atomic E-state index is 0.314. The number of nitrogens with one attached hydrogen (secondary N) is 1. The van der Waals surface area contributed by atoms with Crippen LogP contribution in [-0.2, 0) is 6.42 Å². The number of aromatic nitrogens is 1. The van der Waals surface area contributed by atoms with Gasteiger partial charge in [-0.2, -0.15) is 5.26 Å². The van der Waals surface area contributed by atoms with Crippen LogP contribution in [0.3, 0.4) is 0 Å². The Labute approximate surface area is 117 Å². The maximum absolute atomic E-state index is 8.93. The number of hydrogen-bond donors (Lipinski definition) is 1. The molecule has 0 bridgehead atoms. The molecule has 0 spiro atoms. The van der Waals surface area contributed by atoms with Gasteiger partial charge >= 0.3 is 0 Å². The maximum atomic E-state index is 8.93. The van der Waals surface area contributed by atoms with E-state index in [-0.39, 0.29) is 0 Å². The number of rotatable bonds is 4. The highest BCUT2D eigenvalue weighted by Gasteiger charge is 2.04. The van der Waals surface area contributed by atoms with E-state index in [0.717, 1.165) is 18.5 Å². The van der Waals surface area contributed by atoms with Gasteiger partial charge in [-0.1, -0.05) is 43.1 Å². The van der Waals surface area contributed by atoms with Crippen LogP contribution in [0.4, 0.5) is 11.5 Å². The van der Waals surface area contributed by atoms with Gasteiger partial charge in [-0.15, -0.1) is 0 Å². The van der Waals surface area contributed by atoms with Crippen molar-refractivity contribution in [1.82, 2.24) is 4.98 Å². The zero-order valence-electron chi connectivity index (χ0n) is 10.7. The molecular weight excluding hydrogens is 258 g/mol. The molecule has 0 aliphatic carbocycles. The predicted octanol–water partition coefficient (Wildman–Crippen LogP) is 4.30. The lowest BCUT2D eigenvalue weighted by Gasteiger charge is -2.11. The first kappa shape index (κ1) is 13.4. The second-order valence-corrected chi connectivity index (χ2v) is 4.59. The van der Waals surface area contributed by atoms with Crippen molar-refractivity contribution in [3.8, 4) is 6.07 Å². The Morgan fingerprint density at radius 1 is 1.32 bits per heavy atom. The number of para-hydroxylation sites is 1. The molecule has 96 valence electrons. The Bertz CT molecular complexity index is 617. The van der Waals surface area contributed by atoms with E-state index in [4.69, 9.17) is 16.9 Å². The van der Waals surface area contributed by atoms with Crippen LogP contribution in [0.25, 0.3) is 0 Å². The molecule has 3 nitrogen and oxygen atoms in total. The van der Waals surface area contributed by atoms with Crippen molar-refractivity contribution in [3.63, 3.8) is 0 Å². The Kier molecular flexibility index (Phi) is 4.38. The van der Waals surface area contributed by atoms with Crippen LogP contribution >= 0.6 is 11.6 Å². The van der Waals surface area contributed by atoms with Gasteiger partial charge in [0.15, 0.2) is 0 Å². The van der Waals surface area contributed by atoms with Crippen molar-refractivity contribution >= 4 is 23.1 Å². The van der Waals surface area contributed by atoms with E-state index in [9.17, 15) is 0 Å². The molecule has 4 heteroatoms. The average molecular weight is 272 g/mol. The van der Waals surface area contributed by atoms with Gasteiger partial charge in [0.05, 0.1) is 11.6 Å². The molecule has 0 saturated heterocycles. The van der Waals surface area contributed by atoms with Gasteiger partial charge in [-0.05, 0) is 30.2 Å². The molecule has 0 aliphatic heterocycles. The highest BCUT2D eigenvalue weighted by molar-refractivity contribution is 6.29. The van der Waals surface area contributed by atoms with E-state index >= 15 is 0 Å². The third-order valence-electron chi connectivity index (χ3n) is 2.72. The Hall–Kier alpha value is -2.05. The minimum Gasteiger partial charge on any atom is -0.340 e. The van der Waals surface area contributed by atoms with Crippen LogP contribution < -0.4 is 5.32 Å². The number of pyridine rings is 1. The Balaban J connectivity index is 2.31. The Morgan fingerprint density at radius 3 is 2.84 bits per heavy atom. The maximum Gasteiger partial charge on any atom is 0.133 e. The van der Waals surface area contributed by atoms with Crippen LogP contribution in [-0.4, -0.2) is 4.98 Å². The first-order chi connectivity index (χ1) is 9.22. The Morgan fingerprint density at radius 2 is 2.11 bits per heavy atom. The second kappa shape index (κ2) is 6.21. The van der Waals surface area contributed by atoms with Crippen LogP contribution in [0.1, 0.15) is 24.5 Å². The highest BCUT2D eigenvalue weighted by atomic mass is 35.5. The number of aryl methyl sites for hydroxylation is 1. The van der Waals surface area contributed by atoms with E-state index in [2.05, 4.69) is 29.4 Å². The molecule has 0 radical (unpaired) electrons. The summed E-state index contributed by atoms with van der Waals surface area (Å²) >= 11 is 5.89. The predicted molar refractivity (Wildman–Crippen MR) is 77.7 cm³/mol. The summed E-state index contributed by atoms with van der Waals surface area (Å²) in [6, 6.07) is 13.4. The molecule has 2 rings (SSSR count). The monoisotopic (exact) mass is 271 g/mol. The molecule has 0 amide bonds. The minimum atomic E-state index is 0.314. The lowest BCUT2D eigenvalue weighted by molar-refractivity contribution is 0.923. The second-order valence-electron chi connectivity index (χ2n) is 4.21. The number of nitriles is 1.